The fourth-order valence-electron chi connectivity index (χ4n) is 2.04. The number of benzene rings is 1. The third-order valence-corrected chi connectivity index (χ3v) is 4.05. The Labute approximate surface area is 139 Å². The molecule has 6 heteroatoms. The molecule has 0 saturated carbocycles. The molecule has 0 fully saturated rings. The molecule has 0 unspecified atom stereocenters. The first-order chi connectivity index (χ1) is 10.8. The standard InChI is InChI=1S/C17H20ClNO4/c1-9(2)11(4)19-16(20)8-22-15-7-14-12(6-13(15)18)10(3)5-17(21)23-14/h5-7,9,11H,8H2,1-4H3,(H,19,20)/t11-/m0/s1. The van der Waals surface area contributed by atoms with Crippen LogP contribution in [0.5, 0.6) is 5.75 Å². The Morgan fingerprint density at radius 3 is 2.65 bits per heavy atom. The van der Waals surface area contributed by atoms with Gasteiger partial charge in [0.25, 0.3) is 5.91 Å². The lowest BCUT2D eigenvalue weighted by atomic mass is 10.1. The zero-order chi connectivity index (χ0) is 17.1. The van der Waals surface area contributed by atoms with Crippen molar-refractivity contribution in [3.8, 4) is 5.75 Å². The summed E-state index contributed by atoms with van der Waals surface area (Å²) in [7, 11) is 0. The molecular formula is C17H20ClNO4. The van der Waals surface area contributed by atoms with Crippen LogP contribution < -0.4 is 15.7 Å². The Kier molecular flexibility index (Phi) is 5.31. The van der Waals surface area contributed by atoms with Crippen molar-refractivity contribution in [2.45, 2.75) is 33.7 Å². The van der Waals surface area contributed by atoms with Crippen LogP contribution in [-0.4, -0.2) is 18.6 Å². The lowest BCUT2D eigenvalue weighted by molar-refractivity contribution is -0.124. The molecule has 0 aliphatic heterocycles. The van der Waals surface area contributed by atoms with Crippen molar-refractivity contribution in [3.63, 3.8) is 0 Å². The maximum absolute atomic E-state index is 11.9. The predicted molar refractivity (Wildman–Crippen MR) is 90.2 cm³/mol. The summed E-state index contributed by atoms with van der Waals surface area (Å²) >= 11 is 6.18. The fourth-order valence-corrected chi connectivity index (χ4v) is 2.25. The van der Waals surface area contributed by atoms with E-state index in [1.54, 1.807) is 13.0 Å². The van der Waals surface area contributed by atoms with Gasteiger partial charge in [0.15, 0.2) is 6.61 Å². The summed E-state index contributed by atoms with van der Waals surface area (Å²) in [6.07, 6.45) is 0. The minimum absolute atomic E-state index is 0.0545. The molecule has 23 heavy (non-hydrogen) atoms. The third-order valence-electron chi connectivity index (χ3n) is 3.75. The van der Waals surface area contributed by atoms with E-state index in [1.165, 1.54) is 12.1 Å². The van der Waals surface area contributed by atoms with Gasteiger partial charge < -0.3 is 14.5 Å². The van der Waals surface area contributed by atoms with Gasteiger partial charge in [-0.25, -0.2) is 4.79 Å². The molecule has 124 valence electrons. The van der Waals surface area contributed by atoms with Gasteiger partial charge in [-0.2, -0.15) is 0 Å². The number of rotatable bonds is 5. The Balaban J connectivity index is 2.16. The molecule has 0 saturated heterocycles. The molecule has 1 aromatic heterocycles. The number of carbonyl (C=O) groups excluding carboxylic acids is 1. The summed E-state index contributed by atoms with van der Waals surface area (Å²) < 4.78 is 10.6. The Morgan fingerprint density at radius 1 is 1.30 bits per heavy atom. The summed E-state index contributed by atoms with van der Waals surface area (Å²) in [5, 5.41) is 3.94. The van der Waals surface area contributed by atoms with Gasteiger partial charge in [-0.05, 0) is 31.4 Å². The van der Waals surface area contributed by atoms with Crippen LogP contribution >= 0.6 is 11.6 Å². The van der Waals surface area contributed by atoms with Crippen LogP contribution in [0.2, 0.25) is 5.02 Å². The van der Waals surface area contributed by atoms with Gasteiger partial charge in [-0.15, -0.1) is 0 Å². The summed E-state index contributed by atoms with van der Waals surface area (Å²) in [6.45, 7) is 7.63. The van der Waals surface area contributed by atoms with Crippen molar-refractivity contribution >= 4 is 28.5 Å². The Morgan fingerprint density at radius 2 is 2.00 bits per heavy atom. The largest absolute Gasteiger partial charge is 0.482 e. The number of ether oxygens (including phenoxy) is 1. The topological polar surface area (TPSA) is 68.5 Å². The van der Waals surface area contributed by atoms with Crippen molar-refractivity contribution in [1.82, 2.24) is 5.32 Å². The van der Waals surface area contributed by atoms with Crippen LogP contribution in [0.25, 0.3) is 11.0 Å². The Bertz CT molecular complexity index is 782. The molecule has 0 aliphatic carbocycles. The molecule has 1 N–H and O–H groups in total. The van der Waals surface area contributed by atoms with E-state index in [0.717, 1.165) is 10.9 Å². The van der Waals surface area contributed by atoms with Crippen molar-refractivity contribution in [1.29, 1.82) is 0 Å². The highest BCUT2D eigenvalue weighted by Crippen LogP contribution is 2.30. The minimum Gasteiger partial charge on any atom is -0.482 e. The van der Waals surface area contributed by atoms with Crippen molar-refractivity contribution in [2.75, 3.05) is 6.61 Å². The first kappa shape index (κ1) is 17.3. The van der Waals surface area contributed by atoms with Crippen LogP contribution in [0.1, 0.15) is 26.3 Å². The second-order valence-electron chi connectivity index (χ2n) is 5.92. The molecule has 2 rings (SSSR count). The molecule has 1 aromatic carbocycles. The quantitative estimate of drug-likeness (QED) is 0.850. The van der Waals surface area contributed by atoms with E-state index in [9.17, 15) is 9.59 Å². The first-order valence-corrected chi connectivity index (χ1v) is 7.82. The number of halogens is 1. The van der Waals surface area contributed by atoms with Gasteiger partial charge >= 0.3 is 5.63 Å². The predicted octanol–water partition coefficient (Wildman–Crippen LogP) is 3.29. The van der Waals surface area contributed by atoms with E-state index in [0.29, 0.717) is 22.3 Å². The zero-order valence-electron chi connectivity index (χ0n) is 13.6. The molecule has 1 heterocycles. The lowest BCUT2D eigenvalue weighted by Crippen LogP contribution is -2.38. The molecule has 0 radical (unpaired) electrons. The maximum atomic E-state index is 11.9. The third kappa shape index (κ3) is 4.26. The second kappa shape index (κ2) is 7.04. The monoisotopic (exact) mass is 337 g/mol. The summed E-state index contributed by atoms with van der Waals surface area (Å²) in [6, 6.07) is 4.66. The van der Waals surface area contributed by atoms with Crippen molar-refractivity contribution in [2.24, 2.45) is 5.92 Å². The van der Waals surface area contributed by atoms with E-state index in [1.807, 2.05) is 20.8 Å². The van der Waals surface area contributed by atoms with Gasteiger partial charge in [0.1, 0.15) is 11.3 Å². The molecular weight excluding hydrogens is 318 g/mol. The molecule has 0 spiro atoms. The zero-order valence-corrected chi connectivity index (χ0v) is 14.4. The molecule has 5 nitrogen and oxygen atoms in total. The lowest BCUT2D eigenvalue weighted by Gasteiger charge is -2.17. The number of fused-ring (bicyclic) bond motifs is 1. The number of hydrogen-bond donors (Lipinski definition) is 1. The van der Waals surface area contributed by atoms with E-state index in [4.69, 9.17) is 20.8 Å². The minimum atomic E-state index is -0.438. The molecule has 0 aliphatic rings. The summed E-state index contributed by atoms with van der Waals surface area (Å²) in [4.78, 5) is 23.3. The summed E-state index contributed by atoms with van der Waals surface area (Å²) in [5.74, 6) is 0.411. The average molecular weight is 338 g/mol. The van der Waals surface area contributed by atoms with E-state index >= 15 is 0 Å². The molecule has 0 bridgehead atoms. The smallest absolute Gasteiger partial charge is 0.336 e. The van der Waals surface area contributed by atoms with Gasteiger partial charge in [0.05, 0.1) is 5.02 Å². The van der Waals surface area contributed by atoms with E-state index in [-0.39, 0.29) is 18.6 Å². The molecule has 1 atom stereocenters. The first-order valence-electron chi connectivity index (χ1n) is 7.44. The second-order valence-corrected chi connectivity index (χ2v) is 6.32. The van der Waals surface area contributed by atoms with Crippen molar-refractivity contribution < 1.29 is 13.9 Å². The highest BCUT2D eigenvalue weighted by atomic mass is 35.5. The normalized spacial score (nSPS) is 12.4. The average Bonchev–Trinajstić information content (AvgIpc) is 2.45. The molecule has 1 amide bonds. The number of carbonyl (C=O) groups is 1. The highest BCUT2D eigenvalue weighted by Gasteiger charge is 2.13. The van der Waals surface area contributed by atoms with Gasteiger partial charge in [0.2, 0.25) is 0 Å². The highest BCUT2D eigenvalue weighted by molar-refractivity contribution is 6.32. The fraction of sp³-hybridized carbons (Fsp3) is 0.412. The van der Waals surface area contributed by atoms with Crippen LogP contribution in [0.15, 0.2) is 27.4 Å². The van der Waals surface area contributed by atoms with Crippen LogP contribution in [-0.2, 0) is 4.79 Å². The van der Waals surface area contributed by atoms with Crippen LogP contribution in [0, 0.1) is 12.8 Å². The number of amides is 1. The van der Waals surface area contributed by atoms with Crippen molar-refractivity contribution in [3.05, 3.63) is 39.2 Å². The SMILES string of the molecule is Cc1cc(=O)oc2cc(OCC(=O)N[C@@H](C)C(C)C)c(Cl)cc12. The maximum Gasteiger partial charge on any atom is 0.336 e. The number of nitrogens with one attached hydrogen (secondary N) is 1. The van der Waals surface area contributed by atoms with E-state index < -0.39 is 5.63 Å². The number of hydrogen-bond acceptors (Lipinski definition) is 4. The van der Waals surface area contributed by atoms with Gasteiger partial charge in [-0.3, -0.25) is 4.79 Å². The number of aryl methyl sites for hydroxylation is 1. The van der Waals surface area contributed by atoms with E-state index in [2.05, 4.69) is 5.32 Å². The Hall–Kier alpha value is -2.01. The van der Waals surface area contributed by atoms with Gasteiger partial charge in [-0.1, -0.05) is 25.4 Å². The van der Waals surface area contributed by atoms with Crippen LogP contribution in [0.4, 0.5) is 0 Å². The van der Waals surface area contributed by atoms with Gasteiger partial charge in [0, 0.05) is 23.6 Å². The summed E-state index contributed by atoms with van der Waals surface area (Å²) in [5.41, 5.74) is 0.713. The van der Waals surface area contributed by atoms with Crippen LogP contribution in [0.3, 0.4) is 0 Å². The molecule has 2 aromatic rings.